The molecule has 0 radical (unpaired) electrons. The van der Waals surface area contributed by atoms with Gasteiger partial charge < -0.3 is 14.8 Å². The molecule has 0 saturated heterocycles. The summed E-state index contributed by atoms with van der Waals surface area (Å²) in [4.78, 5) is 12.6. The quantitative estimate of drug-likeness (QED) is 0.573. The van der Waals surface area contributed by atoms with Crippen molar-refractivity contribution in [3.63, 3.8) is 0 Å². The Labute approximate surface area is 168 Å². The fourth-order valence-corrected chi connectivity index (χ4v) is 3.64. The van der Waals surface area contributed by atoms with Crippen molar-refractivity contribution in [1.82, 2.24) is 0 Å². The Bertz CT molecular complexity index is 736. The number of para-hydroxylation sites is 1. The third-order valence-corrected chi connectivity index (χ3v) is 5.23. The van der Waals surface area contributed by atoms with Crippen LogP contribution in [0.5, 0.6) is 11.5 Å². The molecule has 0 unspecified atom stereocenters. The van der Waals surface area contributed by atoms with Crippen LogP contribution in [0.4, 0.5) is 5.69 Å². The van der Waals surface area contributed by atoms with Crippen LogP contribution in [0.1, 0.15) is 62.2 Å². The van der Waals surface area contributed by atoms with Gasteiger partial charge in [0.1, 0.15) is 11.5 Å². The Morgan fingerprint density at radius 3 is 2.46 bits per heavy atom. The van der Waals surface area contributed by atoms with Crippen LogP contribution in [0.3, 0.4) is 0 Å². The minimum atomic E-state index is -0.169. The van der Waals surface area contributed by atoms with Gasteiger partial charge in [0.25, 0.3) is 5.91 Å². The molecule has 1 aliphatic rings. The van der Waals surface area contributed by atoms with Crippen LogP contribution in [-0.2, 0) is 0 Å². The molecule has 0 aromatic heterocycles. The predicted molar refractivity (Wildman–Crippen MR) is 113 cm³/mol. The molecular weight excluding hydrogens is 350 g/mol. The average Bonchev–Trinajstić information content (AvgIpc) is 2.74. The van der Waals surface area contributed by atoms with Gasteiger partial charge in [-0.1, -0.05) is 51.2 Å². The molecular formula is C24H31NO3. The molecule has 0 atom stereocenters. The molecule has 3 rings (SSSR count). The van der Waals surface area contributed by atoms with Gasteiger partial charge in [0.15, 0.2) is 0 Å². The number of nitrogens with one attached hydrogen (secondary N) is 1. The number of carbonyl (C=O) groups is 1. The van der Waals surface area contributed by atoms with E-state index in [1.165, 1.54) is 32.1 Å². The zero-order valence-electron chi connectivity index (χ0n) is 16.8. The van der Waals surface area contributed by atoms with Gasteiger partial charge in [-0.15, -0.1) is 0 Å². The van der Waals surface area contributed by atoms with Crippen LogP contribution in [0, 0.1) is 5.92 Å². The molecule has 0 bridgehead atoms. The van der Waals surface area contributed by atoms with Crippen LogP contribution in [0.25, 0.3) is 0 Å². The lowest BCUT2D eigenvalue weighted by atomic mass is 9.87. The Morgan fingerprint density at radius 2 is 1.71 bits per heavy atom. The maximum absolute atomic E-state index is 12.6. The number of benzene rings is 2. The monoisotopic (exact) mass is 381 g/mol. The Kier molecular flexibility index (Phi) is 7.77. The summed E-state index contributed by atoms with van der Waals surface area (Å²) in [5, 5.41) is 2.94. The Balaban J connectivity index is 1.50. The topological polar surface area (TPSA) is 47.6 Å². The minimum absolute atomic E-state index is 0.169. The largest absolute Gasteiger partial charge is 0.494 e. The summed E-state index contributed by atoms with van der Waals surface area (Å²) in [6.45, 7) is 3.40. The maximum Gasteiger partial charge on any atom is 0.259 e. The van der Waals surface area contributed by atoms with Gasteiger partial charge in [0.2, 0.25) is 0 Å². The van der Waals surface area contributed by atoms with Crippen LogP contribution in [-0.4, -0.2) is 19.1 Å². The van der Waals surface area contributed by atoms with Gasteiger partial charge in [0.05, 0.1) is 18.8 Å². The van der Waals surface area contributed by atoms with Crippen LogP contribution >= 0.6 is 0 Å². The van der Waals surface area contributed by atoms with Gasteiger partial charge in [-0.25, -0.2) is 0 Å². The number of anilines is 1. The fraction of sp³-hybridized carbons (Fsp3) is 0.458. The third-order valence-electron chi connectivity index (χ3n) is 5.23. The fourth-order valence-electron chi connectivity index (χ4n) is 3.64. The standard InChI is InChI=1S/C24H31NO3/c1-2-17-28-23-11-7-6-10-22(23)24(26)25-20-12-14-21(15-13-20)27-18-16-19-8-4-3-5-9-19/h6-7,10-15,19H,2-5,8-9,16-18H2,1H3,(H,25,26). The summed E-state index contributed by atoms with van der Waals surface area (Å²) in [6, 6.07) is 14.9. The third kappa shape index (κ3) is 6.01. The lowest BCUT2D eigenvalue weighted by Crippen LogP contribution is -2.14. The summed E-state index contributed by atoms with van der Waals surface area (Å²) in [5.74, 6) is 2.12. The minimum Gasteiger partial charge on any atom is -0.494 e. The van der Waals surface area contributed by atoms with E-state index < -0.39 is 0 Å². The number of hydrogen-bond donors (Lipinski definition) is 1. The first-order valence-corrected chi connectivity index (χ1v) is 10.5. The predicted octanol–water partition coefficient (Wildman–Crippen LogP) is 6.08. The van der Waals surface area contributed by atoms with Gasteiger partial charge in [-0.3, -0.25) is 4.79 Å². The summed E-state index contributed by atoms with van der Waals surface area (Å²) in [6.07, 6.45) is 8.85. The smallest absolute Gasteiger partial charge is 0.259 e. The molecule has 28 heavy (non-hydrogen) atoms. The van der Waals surface area contributed by atoms with E-state index in [0.717, 1.165) is 36.8 Å². The van der Waals surface area contributed by atoms with Crippen molar-refractivity contribution in [2.45, 2.75) is 51.9 Å². The molecule has 4 heteroatoms. The van der Waals surface area contributed by atoms with E-state index >= 15 is 0 Å². The summed E-state index contributed by atoms with van der Waals surface area (Å²) in [7, 11) is 0. The summed E-state index contributed by atoms with van der Waals surface area (Å²) < 4.78 is 11.6. The highest BCUT2D eigenvalue weighted by atomic mass is 16.5. The molecule has 0 spiro atoms. The molecule has 4 nitrogen and oxygen atoms in total. The second-order valence-electron chi connectivity index (χ2n) is 7.46. The highest BCUT2D eigenvalue weighted by molar-refractivity contribution is 6.06. The molecule has 1 N–H and O–H groups in total. The zero-order chi connectivity index (χ0) is 19.6. The van der Waals surface area contributed by atoms with Gasteiger partial charge in [0, 0.05) is 5.69 Å². The van der Waals surface area contributed by atoms with Crippen molar-refractivity contribution >= 4 is 11.6 Å². The number of hydrogen-bond acceptors (Lipinski definition) is 3. The first-order valence-electron chi connectivity index (χ1n) is 10.5. The molecule has 0 heterocycles. The van der Waals surface area contributed by atoms with Crippen molar-refractivity contribution in [2.75, 3.05) is 18.5 Å². The Morgan fingerprint density at radius 1 is 0.964 bits per heavy atom. The highest BCUT2D eigenvalue weighted by Crippen LogP contribution is 2.27. The van der Waals surface area contributed by atoms with Crippen LogP contribution in [0.2, 0.25) is 0 Å². The number of amides is 1. The summed E-state index contributed by atoms with van der Waals surface area (Å²) in [5.41, 5.74) is 1.29. The highest BCUT2D eigenvalue weighted by Gasteiger charge is 2.14. The van der Waals surface area contributed by atoms with E-state index in [1.807, 2.05) is 49.4 Å². The van der Waals surface area contributed by atoms with E-state index in [1.54, 1.807) is 6.07 Å². The van der Waals surface area contributed by atoms with Gasteiger partial charge in [-0.05, 0) is 55.2 Å². The average molecular weight is 382 g/mol. The SMILES string of the molecule is CCCOc1ccccc1C(=O)Nc1ccc(OCCC2CCCCC2)cc1. The van der Waals surface area contributed by atoms with Crippen LogP contribution in [0.15, 0.2) is 48.5 Å². The molecule has 1 amide bonds. The van der Waals surface area contributed by atoms with Gasteiger partial charge in [-0.2, -0.15) is 0 Å². The van der Waals surface area contributed by atoms with Crippen molar-refractivity contribution in [3.05, 3.63) is 54.1 Å². The normalized spacial score (nSPS) is 14.5. The van der Waals surface area contributed by atoms with Crippen molar-refractivity contribution < 1.29 is 14.3 Å². The zero-order valence-corrected chi connectivity index (χ0v) is 16.8. The molecule has 1 fully saturated rings. The second kappa shape index (κ2) is 10.7. The van der Waals surface area contributed by atoms with Crippen LogP contribution < -0.4 is 14.8 Å². The molecule has 2 aromatic carbocycles. The lowest BCUT2D eigenvalue weighted by Gasteiger charge is -2.21. The van der Waals surface area contributed by atoms with Crippen molar-refractivity contribution in [1.29, 1.82) is 0 Å². The lowest BCUT2D eigenvalue weighted by molar-refractivity contribution is 0.102. The molecule has 0 aliphatic heterocycles. The van der Waals surface area contributed by atoms with E-state index in [-0.39, 0.29) is 5.91 Å². The molecule has 150 valence electrons. The number of carbonyl (C=O) groups excluding carboxylic acids is 1. The first-order chi connectivity index (χ1) is 13.8. The number of rotatable bonds is 9. The van der Waals surface area contributed by atoms with E-state index in [2.05, 4.69) is 5.32 Å². The maximum atomic E-state index is 12.6. The molecule has 2 aromatic rings. The van der Waals surface area contributed by atoms with Crippen molar-refractivity contribution in [2.24, 2.45) is 5.92 Å². The van der Waals surface area contributed by atoms with E-state index in [4.69, 9.17) is 9.47 Å². The molecule has 1 saturated carbocycles. The van der Waals surface area contributed by atoms with Gasteiger partial charge >= 0.3 is 0 Å². The van der Waals surface area contributed by atoms with E-state index in [0.29, 0.717) is 17.9 Å². The summed E-state index contributed by atoms with van der Waals surface area (Å²) >= 11 is 0. The van der Waals surface area contributed by atoms with Crippen molar-refractivity contribution in [3.8, 4) is 11.5 Å². The second-order valence-corrected chi connectivity index (χ2v) is 7.46. The molecule has 1 aliphatic carbocycles. The number of ether oxygens (including phenoxy) is 2. The Hall–Kier alpha value is -2.49. The van der Waals surface area contributed by atoms with E-state index in [9.17, 15) is 4.79 Å². The first kappa shape index (κ1) is 20.2.